The van der Waals surface area contributed by atoms with Crippen LogP contribution in [-0.4, -0.2) is 61.1 Å². The average molecular weight is 587 g/mol. The highest BCUT2D eigenvalue weighted by molar-refractivity contribution is 7.89. The topological polar surface area (TPSA) is 157 Å². The molecule has 4 aromatic rings. The van der Waals surface area contributed by atoms with E-state index in [1.165, 1.54) is 51.5 Å². The van der Waals surface area contributed by atoms with Crippen molar-refractivity contribution in [2.45, 2.75) is 30.3 Å². The van der Waals surface area contributed by atoms with Crippen molar-refractivity contribution in [3.8, 4) is 11.1 Å². The van der Waals surface area contributed by atoms with Gasteiger partial charge in [-0.2, -0.15) is 4.98 Å². The molecule has 2 aromatic carbocycles. The first kappa shape index (κ1) is 27.8. The summed E-state index contributed by atoms with van der Waals surface area (Å²) >= 11 is 0. The van der Waals surface area contributed by atoms with Gasteiger partial charge in [0.2, 0.25) is 26.0 Å². The molecule has 0 aliphatic carbocycles. The van der Waals surface area contributed by atoms with Crippen LogP contribution in [0.3, 0.4) is 0 Å². The first-order chi connectivity index (χ1) is 18.9. The van der Waals surface area contributed by atoms with E-state index in [0.717, 1.165) is 0 Å². The van der Waals surface area contributed by atoms with Gasteiger partial charge in [0.15, 0.2) is 0 Å². The van der Waals surface area contributed by atoms with Gasteiger partial charge in [-0.25, -0.2) is 35.7 Å². The normalized spacial score (nSPS) is 15.4. The minimum atomic E-state index is -3.91. The molecule has 0 saturated carbocycles. The molecule has 11 nitrogen and oxygen atoms in total. The Kier molecular flexibility index (Phi) is 7.44. The Labute approximate surface area is 230 Å². The van der Waals surface area contributed by atoms with Gasteiger partial charge in [0.25, 0.3) is 5.56 Å². The lowest BCUT2D eigenvalue weighted by Gasteiger charge is -2.30. The molecule has 0 bridgehead atoms. The number of hydrogen-bond donors (Lipinski definition) is 2. The summed E-state index contributed by atoms with van der Waals surface area (Å²) in [6.07, 6.45) is 3.92. The molecule has 1 saturated heterocycles. The smallest absolute Gasteiger partial charge is 0.252 e. The number of anilines is 1. The molecule has 210 valence electrons. The number of primary sulfonamides is 1. The Morgan fingerprint density at radius 2 is 1.75 bits per heavy atom. The van der Waals surface area contributed by atoms with E-state index >= 15 is 4.39 Å². The molecule has 0 atom stereocenters. The van der Waals surface area contributed by atoms with Crippen molar-refractivity contribution in [3.05, 3.63) is 82.5 Å². The van der Waals surface area contributed by atoms with Crippen LogP contribution in [0.2, 0.25) is 0 Å². The molecule has 0 unspecified atom stereocenters. The van der Waals surface area contributed by atoms with Gasteiger partial charge in [0.05, 0.1) is 17.7 Å². The Morgan fingerprint density at radius 3 is 2.42 bits per heavy atom. The summed E-state index contributed by atoms with van der Waals surface area (Å²) in [5, 5.41) is 9.03. The predicted octanol–water partition coefficient (Wildman–Crippen LogP) is 2.13. The summed E-state index contributed by atoms with van der Waals surface area (Å²) in [6.45, 7) is 0.676. The average Bonchev–Trinajstić information content (AvgIpc) is 2.90. The summed E-state index contributed by atoms with van der Waals surface area (Å²) in [5.74, 6) is -0.289. The van der Waals surface area contributed by atoms with E-state index in [1.54, 1.807) is 24.4 Å². The summed E-state index contributed by atoms with van der Waals surface area (Å²) < 4.78 is 65.0. The lowest BCUT2D eigenvalue weighted by Crippen LogP contribution is -2.42. The molecular formula is C26H27FN6O5S2. The number of sulfonamides is 2. The molecule has 3 N–H and O–H groups in total. The van der Waals surface area contributed by atoms with Crippen molar-refractivity contribution in [1.29, 1.82) is 0 Å². The first-order valence-electron chi connectivity index (χ1n) is 12.4. The first-order valence-corrected chi connectivity index (χ1v) is 15.8. The van der Waals surface area contributed by atoms with Crippen LogP contribution >= 0.6 is 0 Å². The van der Waals surface area contributed by atoms with Gasteiger partial charge in [0.1, 0.15) is 11.5 Å². The molecule has 0 spiro atoms. The zero-order valence-corrected chi connectivity index (χ0v) is 23.1. The third-order valence-corrected chi connectivity index (χ3v) is 9.07. The van der Waals surface area contributed by atoms with E-state index in [0.29, 0.717) is 48.1 Å². The molecule has 1 aliphatic rings. The van der Waals surface area contributed by atoms with E-state index in [2.05, 4.69) is 15.3 Å². The van der Waals surface area contributed by atoms with Crippen molar-refractivity contribution in [1.82, 2.24) is 18.8 Å². The highest BCUT2D eigenvalue weighted by Crippen LogP contribution is 2.25. The summed E-state index contributed by atoms with van der Waals surface area (Å²) in [7, 11) is -7.16. The van der Waals surface area contributed by atoms with Gasteiger partial charge < -0.3 is 5.32 Å². The number of nitrogens with two attached hydrogens (primary N) is 1. The molecule has 14 heteroatoms. The Bertz CT molecular complexity index is 1870. The molecule has 5 rings (SSSR count). The van der Waals surface area contributed by atoms with Crippen molar-refractivity contribution in [2.24, 2.45) is 5.14 Å². The van der Waals surface area contributed by atoms with Gasteiger partial charge in [-0.3, -0.25) is 9.36 Å². The van der Waals surface area contributed by atoms with E-state index in [1.807, 2.05) is 0 Å². The van der Waals surface area contributed by atoms with E-state index in [-0.39, 0.29) is 34.6 Å². The number of fused-ring (bicyclic) bond motifs is 1. The van der Waals surface area contributed by atoms with Crippen LogP contribution in [0.5, 0.6) is 0 Å². The Morgan fingerprint density at radius 1 is 1.02 bits per heavy atom. The standard InChI is InChI=1S/C26H27FN6O5S2/c1-39(35,36)32-11-9-21(10-12-32)30-26-29-15-19-7-8-24(34)33(25(19)31-26)16-20-6-5-18(14-23(20)27)17-3-2-4-22(13-17)40(28,37)38/h2-8,13-15,21H,9-12,16H2,1H3,(H2,28,37,38)(H,29,30,31). The van der Waals surface area contributed by atoms with Crippen molar-refractivity contribution in [2.75, 3.05) is 24.7 Å². The second kappa shape index (κ2) is 10.7. The maximum atomic E-state index is 15.2. The number of pyridine rings is 1. The van der Waals surface area contributed by atoms with Crippen LogP contribution in [-0.2, 0) is 26.6 Å². The number of nitrogens with one attached hydrogen (secondary N) is 1. The van der Waals surface area contributed by atoms with E-state index in [4.69, 9.17) is 5.14 Å². The molecule has 40 heavy (non-hydrogen) atoms. The zero-order chi connectivity index (χ0) is 28.7. The highest BCUT2D eigenvalue weighted by Gasteiger charge is 2.25. The van der Waals surface area contributed by atoms with E-state index in [9.17, 15) is 21.6 Å². The third-order valence-electron chi connectivity index (χ3n) is 6.86. The number of hydrogen-bond acceptors (Lipinski definition) is 8. The molecular weight excluding hydrogens is 559 g/mol. The second-order valence-electron chi connectivity index (χ2n) is 9.69. The maximum Gasteiger partial charge on any atom is 0.252 e. The molecule has 0 radical (unpaired) electrons. The van der Waals surface area contributed by atoms with Gasteiger partial charge in [-0.15, -0.1) is 0 Å². The third kappa shape index (κ3) is 6.04. The Balaban J connectivity index is 1.40. The zero-order valence-electron chi connectivity index (χ0n) is 21.5. The van der Waals surface area contributed by atoms with Crippen LogP contribution in [0.4, 0.5) is 10.3 Å². The summed E-state index contributed by atoms with van der Waals surface area (Å²) in [6, 6.07) is 13.3. The van der Waals surface area contributed by atoms with Crippen LogP contribution in [0.1, 0.15) is 18.4 Å². The van der Waals surface area contributed by atoms with Gasteiger partial charge in [-0.1, -0.05) is 24.3 Å². The number of piperidine rings is 1. The van der Waals surface area contributed by atoms with Crippen molar-refractivity contribution in [3.63, 3.8) is 0 Å². The number of benzene rings is 2. The number of aromatic nitrogens is 3. The minimum absolute atomic E-state index is 0.0444. The van der Waals surface area contributed by atoms with Crippen LogP contribution in [0, 0.1) is 5.82 Å². The fourth-order valence-electron chi connectivity index (χ4n) is 4.69. The fraction of sp³-hybridized carbons (Fsp3) is 0.269. The van der Waals surface area contributed by atoms with Gasteiger partial charge in [0, 0.05) is 42.3 Å². The molecule has 3 heterocycles. The highest BCUT2D eigenvalue weighted by atomic mass is 32.2. The summed E-state index contributed by atoms with van der Waals surface area (Å²) in [5.41, 5.74) is 1.12. The van der Waals surface area contributed by atoms with E-state index < -0.39 is 25.9 Å². The largest absolute Gasteiger partial charge is 0.351 e. The van der Waals surface area contributed by atoms with Crippen LogP contribution in [0.25, 0.3) is 22.2 Å². The lowest BCUT2D eigenvalue weighted by molar-refractivity contribution is 0.331. The monoisotopic (exact) mass is 586 g/mol. The fourth-order valence-corrected chi connectivity index (χ4v) is 6.12. The molecule has 1 fully saturated rings. The SMILES string of the molecule is CS(=O)(=O)N1CCC(Nc2ncc3ccc(=O)n(Cc4ccc(-c5cccc(S(N)(=O)=O)c5)cc4F)c3n2)CC1. The maximum absolute atomic E-state index is 15.2. The summed E-state index contributed by atoms with van der Waals surface area (Å²) in [4.78, 5) is 21.6. The predicted molar refractivity (Wildman–Crippen MR) is 149 cm³/mol. The minimum Gasteiger partial charge on any atom is -0.351 e. The number of rotatable bonds is 7. The number of halogens is 1. The Hall–Kier alpha value is -3.72. The molecule has 0 amide bonds. The van der Waals surface area contributed by atoms with Crippen molar-refractivity contribution >= 4 is 37.0 Å². The second-order valence-corrected chi connectivity index (χ2v) is 13.2. The lowest BCUT2D eigenvalue weighted by atomic mass is 10.0. The van der Waals surface area contributed by atoms with Gasteiger partial charge in [-0.05, 0) is 48.2 Å². The van der Waals surface area contributed by atoms with Gasteiger partial charge >= 0.3 is 0 Å². The van der Waals surface area contributed by atoms with Crippen LogP contribution < -0.4 is 16.0 Å². The molecule has 1 aliphatic heterocycles. The quantitative estimate of drug-likeness (QED) is 0.333. The van der Waals surface area contributed by atoms with Crippen molar-refractivity contribution < 1.29 is 21.2 Å². The molecule has 2 aromatic heterocycles. The number of nitrogens with zero attached hydrogens (tertiary/aromatic N) is 4. The van der Waals surface area contributed by atoms with Crippen LogP contribution in [0.15, 0.2) is 70.5 Å².